The van der Waals surface area contributed by atoms with Crippen LogP contribution in [0.4, 0.5) is 5.82 Å². The minimum Gasteiger partial charge on any atom is -0.382 e. The molecule has 0 saturated carbocycles. The lowest BCUT2D eigenvalue weighted by atomic mass is 10.1. The summed E-state index contributed by atoms with van der Waals surface area (Å²) in [6, 6.07) is 1.85. The zero-order valence-corrected chi connectivity index (χ0v) is 7.68. The number of H-pyrrole nitrogens is 1. The van der Waals surface area contributed by atoms with Gasteiger partial charge in [0, 0.05) is 11.8 Å². The molecule has 0 atom stereocenters. The molecule has 0 aliphatic carbocycles. The van der Waals surface area contributed by atoms with E-state index in [1.165, 1.54) is 0 Å². The van der Waals surface area contributed by atoms with Crippen LogP contribution < -0.4 is 5.73 Å². The van der Waals surface area contributed by atoms with Crippen molar-refractivity contribution in [3.8, 4) is 0 Å². The molecule has 0 fully saturated rings. The van der Waals surface area contributed by atoms with Crippen LogP contribution in [0, 0.1) is 0 Å². The number of anilines is 1. The van der Waals surface area contributed by atoms with E-state index in [9.17, 15) is 0 Å². The third kappa shape index (κ3) is 3.07. The van der Waals surface area contributed by atoms with Gasteiger partial charge in [-0.3, -0.25) is 5.10 Å². The molecule has 0 unspecified atom stereocenters. The third-order valence-corrected chi connectivity index (χ3v) is 1.24. The minimum atomic E-state index is 0.481. The van der Waals surface area contributed by atoms with Gasteiger partial charge in [0.15, 0.2) is 0 Å². The minimum absolute atomic E-state index is 0.481. The van der Waals surface area contributed by atoms with E-state index in [2.05, 4.69) is 24.0 Å². The van der Waals surface area contributed by atoms with Gasteiger partial charge in [-0.15, -0.1) is 0 Å². The fraction of sp³-hybridized carbons (Fsp3) is 0.625. The summed E-state index contributed by atoms with van der Waals surface area (Å²) in [6.45, 7) is 8.18. The van der Waals surface area contributed by atoms with E-state index in [1.54, 1.807) is 0 Å². The van der Waals surface area contributed by atoms with E-state index >= 15 is 0 Å². The van der Waals surface area contributed by atoms with Gasteiger partial charge in [-0.1, -0.05) is 27.7 Å². The maximum atomic E-state index is 5.37. The van der Waals surface area contributed by atoms with Gasteiger partial charge in [0.25, 0.3) is 0 Å². The van der Waals surface area contributed by atoms with Gasteiger partial charge in [-0.25, -0.2) is 0 Å². The molecule has 1 aromatic rings. The van der Waals surface area contributed by atoms with Crippen molar-refractivity contribution in [2.24, 2.45) is 0 Å². The lowest BCUT2D eigenvalue weighted by molar-refractivity contribution is 0.811. The molecule has 0 saturated heterocycles. The van der Waals surface area contributed by atoms with Crippen LogP contribution in [-0.2, 0) is 0 Å². The Morgan fingerprint density at radius 3 is 2.18 bits per heavy atom. The number of hydrogen-bond donors (Lipinski definition) is 2. The monoisotopic (exact) mass is 155 g/mol. The topological polar surface area (TPSA) is 54.7 Å². The van der Waals surface area contributed by atoms with Gasteiger partial charge in [0.05, 0.1) is 0 Å². The van der Waals surface area contributed by atoms with Crippen LogP contribution in [0.5, 0.6) is 0 Å². The van der Waals surface area contributed by atoms with Crippen molar-refractivity contribution in [3.63, 3.8) is 0 Å². The molecular weight excluding hydrogens is 138 g/mol. The first kappa shape index (κ1) is 10.0. The van der Waals surface area contributed by atoms with Crippen LogP contribution >= 0.6 is 0 Å². The Morgan fingerprint density at radius 2 is 2.00 bits per heavy atom. The van der Waals surface area contributed by atoms with Gasteiger partial charge in [-0.2, -0.15) is 5.10 Å². The van der Waals surface area contributed by atoms with Crippen molar-refractivity contribution < 1.29 is 0 Å². The van der Waals surface area contributed by atoms with Crippen molar-refractivity contribution in [2.45, 2.75) is 33.6 Å². The molecule has 3 N–H and O–H groups in total. The van der Waals surface area contributed by atoms with Gasteiger partial charge >= 0.3 is 0 Å². The average molecular weight is 155 g/mol. The molecule has 64 valence electrons. The molecule has 3 nitrogen and oxygen atoms in total. The Hall–Kier alpha value is -0.990. The molecule has 0 radical (unpaired) electrons. The first-order chi connectivity index (χ1) is 5.20. The number of rotatable bonds is 1. The van der Waals surface area contributed by atoms with Crippen molar-refractivity contribution in [2.75, 3.05) is 5.73 Å². The molecule has 11 heavy (non-hydrogen) atoms. The van der Waals surface area contributed by atoms with Gasteiger partial charge in [0.2, 0.25) is 0 Å². The Balaban J connectivity index is 0.000000461. The quantitative estimate of drug-likeness (QED) is 0.652. The molecule has 0 aliphatic heterocycles. The van der Waals surface area contributed by atoms with Crippen molar-refractivity contribution in [1.82, 2.24) is 10.2 Å². The fourth-order valence-corrected chi connectivity index (χ4v) is 0.649. The lowest BCUT2D eigenvalue weighted by Crippen LogP contribution is -1.85. The highest BCUT2D eigenvalue weighted by Crippen LogP contribution is 2.11. The fourth-order valence-electron chi connectivity index (χ4n) is 0.649. The molecule has 1 heterocycles. The number of nitrogens with two attached hydrogens (primary N) is 1. The van der Waals surface area contributed by atoms with Crippen molar-refractivity contribution in [3.05, 3.63) is 11.8 Å². The molecule has 1 aromatic heterocycles. The summed E-state index contributed by atoms with van der Waals surface area (Å²) >= 11 is 0. The first-order valence-electron chi connectivity index (χ1n) is 4.01. The summed E-state index contributed by atoms with van der Waals surface area (Å²) in [4.78, 5) is 0. The summed E-state index contributed by atoms with van der Waals surface area (Å²) in [5, 5.41) is 6.62. The molecular formula is C8H17N3. The summed E-state index contributed by atoms with van der Waals surface area (Å²) in [7, 11) is 0. The number of nitrogens with zero attached hydrogens (tertiary/aromatic N) is 1. The van der Waals surface area contributed by atoms with Crippen LogP contribution in [0.15, 0.2) is 6.07 Å². The Kier molecular flexibility index (Phi) is 4.34. The number of nitrogens with one attached hydrogen (secondary N) is 1. The van der Waals surface area contributed by atoms with Crippen LogP contribution in [-0.4, -0.2) is 10.2 Å². The average Bonchev–Trinajstić information content (AvgIpc) is 2.40. The van der Waals surface area contributed by atoms with Gasteiger partial charge < -0.3 is 5.73 Å². The standard InChI is InChI=1S/C6H11N3.C2H6/c1-4(2)5-3-6(7)9-8-5;1-2/h3-4H,1-2H3,(H3,7,8,9);1-2H3. The smallest absolute Gasteiger partial charge is 0.145 e. The van der Waals surface area contributed by atoms with Crippen LogP contribution in [0.1, 0.15) is 39.3 Å². The van der Waals surface area contributed by atoms with E-state index in [4.69, 9.17) is 5.73 Å². The van der Waals surface area contributed by atoms with Crippen molar-refractivity contribution >= 4 is 5.82 Å². The molecule has 0 aliphatic rings. The third-order valence-electron chi connectivity index (χ3n) is 1.24. The summed E-state index contributed by atoms with van der Waals surface area (Å²) in [5.74, 6) is 1.05. The normalized spacial score (nSPS) is 9.18. The Labute approximate surface area is 68.0 Å². The van der Waals surface area contributed by atoms with Gasteiger partial charge in [0.1, 0.15) is 5.82 Å². The second-order valence-corrected chi connectivity index (χ2v) is 2.40. The summed E-state index contributed by atoms with van der Waals surface area (Å²) < 4.78 is 0. The summed E-state index contributed by atoms with van der Waals surface area (Å²) in [6.07, 6.45) is 0. The predicted molar refractivity (Wildman–Crippen MR) is 48.4 cm³/mol. The highest BCUT2D eigenvalue weighted by molar-refractivity contribution is 5.29. The van der Waals surface area contributed by atoms with E-state index in [0.29, 0.717) is 11.7 Å². The van der Waals surface area contributed by atoms with E-state index in [-0.39, 0.29) is 0 Å². The number of nitrogen functional groups attached to an aromatic ring is 1. The molecule has 0 spiro atoms. The largest absolute Gasteiger partial charge is 0.382 e. The molecule has 1 rings (SSSR count). The molecule has 3 heteroatoms. The Morgan fingerprint density at radius 1 is 1.45 bits per heavy atom. The van der Waals surface area contributed by atoms with Crippen LogP contribution in [0.3, 0.4) is 0 Å². The molecule has 0 bridgehead atoms. The zero-order chi connectivity index (χ0) is 8.85. The molecule has 0 amide bonds. The maximum Gasteiger partial charge on any atom is 0.145 e. The Bertz CT molecular complexity index is 191. The number of aromatic amines is 1. The maximum absolute atomic E-state index is 5.37. The number of aromatic nitrogens is 2. The highest BCUT2D eigenvalue weighted by atomic mass is 15.2. The van der Waals surface area contributed by atoms with Crippen LogP contribution in [0.2, 0.25) is 0 Å². The van der Waals surface area contributed by atoms with E-state index in [0.717, 1.165) is 5.69 Å². The predicted octanol–water partition coefficient (Wildman–Crippen LogP) is 2.14. The van der Waals surface area contributed by atoms with E-state index in [1.807, 2.05) is 19.9 Å². The van der Waals surface area contributed by atoms with Crippen molar-refractivity contribution in [1.29, 1.82) is 0 Å². The zero-order valence-electron chi connectivity index (χ0n) is 7.68. The van der Waals surface area contributed by atoms with Crippen LogP contribution in [0.25, 0.3) is 0 Å². The van der Waals surface area contributed by atoms with Gasteiger partial charge in [-0.05, 0) is 5.92 Å². The highest BCUT2D eigenvalue weighted by Gasteiger charge is 2.00. The van der Waals surface area contributed by atoms with E-state index < -0.39 is 0 Å². The molecule has 0 aromatic carbocycles. The second kappa shape index (κ2) is 4.77. The first-order valence-corrected chi connectivity index (χ1v) is 4.01. The second-order valence-electron chi connectivity index (χ2n) is 2.40. The SMILES string of the molecule is CC.CC(C)c1cc(N)n[nH]1. The summed E-state index contributed by atoms with van der Waals surface area (Å²) in [5.41, 5.74) is 6.46. The number of hydrogen-bond acceptors (Lipinski definition) is 2. The lowest BCUT2D eigenvalue weighted by Gasteiger charge is -1.95.